The lowest BCUT2D eigenvalue weighted by Gasteiger charge is -2.27. The molecule has 2 aliphatic rings. The van der Waals surface area contributed by atoms with E-state index in [1.165, 1.54) is 5.56 Å². The Labute approximate surface area is 125 Å². The fraction of sp³-hybridized carbons (Fsp3) is 0.600. The van der Waals surface area contributed by atoms with E-state index < -0.39 is 0 Å². The fourth-order valence-corrected chi connectivity index (χ4v) is 3.24. The summed E-state index contributed by atoms with van der Waals surface area (Å²) in [6.07, 6.45) is 1.84. The maximum Gasteiger partial charge on any atom is 0.165 e. The van der Waals surface area contributed by atoms with E-state index in [-0.39, 0.29) is 0 Å². The van der Waals surface area contributed by atoms with Gasteiger partial charge in [0.2, 0.25) is 0 Å². The average molecular weight is 297 g/mol. The zero-order valence-corrected chi connectivity index (χ0v) is 12.6. The summed E-state index contributed by atoms with van der Waals surface area (Å²) in [6.45, 7) is 6.13. The van der Waals surface area contributed by atoms with Gasteiger partial charge in [-0.1, -0.05) is 11.6 Å². The summed E-state index contributed by atoms with van der Waals surface area (Å²) in [5.74, 6) is 1.65. The molecule has 3 rings (SSSR count). The first-order valence-electron chi connectivity index (χ1n) is 7.23. The van der Waals surface area contributed by atoms with E-state index in [2.05, 4.69) is 10.2 Å². The largest absolute Gasteiger partial charge is 0.493 e. The van der Waals surface area contributed by atoms with Gasteiger partial charge in [-0.3, -0.25) is 0 Å². The lowest BCUT2D eigenvalue weighted by atomic mass is 10.0. The van der Waals surface area contributed by atoms with Crippen molar-refractivity contribution < 1.29 is 9.47 Å². The van der Waals surface area contributed by atoms with Crippen molar-refractivity contribution in [2.75, 3.05) is 46.4 Å². The predicted octanol–water partition coefficient (Wildman–Crippen LogP) is 1.73. The molecule has 2 aliphatic heterocycles. The summed E-state index contributed by atoms with van der Waals surface area (Å²) in [5, 5.41) is 4.24. The van der Waals surface area contributed by atoms with Crippen LogP contribution in [0.2, 0.25) is 5.02 Å². The van der Waals surface area contributed by atoms with Crippen LogP contribution in [0.1, 0.15) is 11.1 Å². The quantitative estimate of drug-likeness (QED) is 0.917. The maximum atomic E-state index is 6.53. The second-order valence-corrected chi connectivity index (χ2v) is 5.68. The number of rotatable bonds is 4. The SMILES string of the molecule is COc1cc(CCN2CCNCC2)c(Cl)c2c1OCC2. The van der Waals surface area contributed by atoms with Crippen molar-refractivity contribution in [2.45, 2.75) is 12.8 Å². The maximum absolute atomic E-state index is 6.53. The van der Waals surface area contributed by atoms with Gasteiger partial charge < -0.3 is 19.7 Å². The Bertz CT molecular complexity index is 487. The first kappa shape index (κ1) is 14.0. The van der Waals surface area contributed by atoms with Crippen molar-refractivity contribution >= 4 is 11.6 Å². The fourth-order valence-electron chi connectivity index (χ4n) is 2.91. The standard InChI is InChI=1S/C15H21ClN2O2/c1-19-13-10-11(2-6-18-7-4-17-5-8-18)14(16)12-3-9-20-15(12)13/h10,17H,2-9H2,1H3. The predicted molar refractivity (Wildman–Crippen MR) is 80.2 cm³/mol. The Morgan fingerprint density at radius 2 is 2.20 bits per heavy atom. The molecule has 110 valence electrons. The number of fused-ring (bicyclic) bond motifs is 1. The summed E-state index contributed by atoms with van der Waals surface area (Å²) in [7, 11) is 1.69. The molecule has 0 aliphatic carbocycles. The van der Waals surface area contributed by atoms with Gasteiger partial charge in [-0.25, -0.2) is 0 Å². The molecule has 1 saturated heterocycles. The number of benzene rings is 1. The minimum Gasteiger partial charge on any atom is -0.493 e. The molecule has 0 spiro atoms. The number of halogens is 1. The molecule has 4 nitrogen and oxygen atoms in total. The number of hydrogen-bond acceptors (Lipinski definition) is 4. The molecule has 0 atom stereocenters. The summed E-state index contributed by atoms with van der Waals surface area (Å²) in [4.78, 5) is 2.48. The van der Waals surface area contributed by atoms with Crippen LogP contribution in [0.5, 0.6) is 11.5 Å². The number of ether oxygens (including phenoxy) is 2. The van der Waals surface area contributed by atoms with Gasteiger partial charge in [0.15, 0.2) is 11.5 Å². The lowest BCUT2D eigenvalue weighted by Crippen LogP contribution is -2.44. The number of nitrogens with zero attached hydrogens (tertiary/aromatic N) is 1. The van der Waals surface area contributed by atoms with Crippen LogP contribution in [0.15, 0.2) is 6.07 Å². The van der Waals surface area contributed by atoms with Gasteiger partial charge in [-0.15, -0.1) is 0 Å². The monoisotopic (exact) mass is 296 g/mol. The van der Waals surface area contributed by atoms with E-state index in [9.17, 15) is 0 Å². The van der Waals surface area contributed by atoms with Gasteiger partial charge >= 0.3 is 0 Å². The lowest BCUT2D eigenvalue weighted by molar-refractivity contribution is 0.244. The zero-order valence-electron chi connectivity index (χ0n) is 11.9. The number of methoxy groups -OCH3 is 1. The second kappa shape index (κ2) is 6.20. The van der Waals surface area contributed by atoms with Gasteiger partial charge in [-0.05, 0) is 18.1 Å². The van der Waals surface area contributed by atoms with Crippen molar-refractivity contribution in [3.05, 3.63) is 22.2 Å². The first-order valence-corrected chi connectivity index (χ1v) is 7.61. The van der Waals surface area contributed by atoms with Crippen LogP contribution in [0.25, 0.3) is 0 Å². The highest BCUT2D eigenvalue weighted by Crippen LogP contribution is 2.42. The van der Waals surface area contributed by atoms with E-state index in [0.717, 1.165) is 67.7 Å². The molecule has 5 heteroatoms. The second-order valence-electron chi connectivity index (χ2n) is 5.30. The Balaban J connectivity index is 1.75. The Hall–Kier alpha value is -0.970. The van der Waals surface area contributed by atoms with Gasteiger partial charge in [0.25, 0.3) is 0 Å². The molecule has 1 aromatic rings. The van der Waals surface area contributed by atoms with Crippen molar-refractivity contribution in [3.8, 4) is 11.5 Å². The van der Waals surface area contributed by atoms with E-state index in [4.69, 9.17) is 21.1 Å². The molecule has 20 heavy (non-hydrogen) atoms. The molecule has 0 aromatic heterocycles. The molecular formula is C15H21ClN2O2. The van der Waals surface area contributed by atoms with Gasteiger partial charge in [0.1, 0.15) is 0 Å². The minimum atomic E-state index is 0.701. The highest BCUT2D eigenvalue weighted by molar-refractivity contribution is 6.32. The summed E-state index contributed by atoms with van der Waals surface area (Å²) >= 11 is 6.53. The Morgan fingerprint density at radius 3 is 2.95 bits per heavy atom. The van der Waals surface area contributed by atoms with Crippen LogP contribution >= 0.6 is 11.6 Å². The van der Waals surface area contributed by atoms with Crippen molar-refractivity contribution in [3.63, 3.8) is 0 Å². The normalized spacial score (nSPS) is 18.7. The van der Waals surface area contributed by atoms with Crippen LogP contribution in [-0.4, -0.2) is 51.3 Å². The molecule has 0 radical (unpaired) electrons. The van der Waals surface area contributed by atoms with Crippen molar-refractivity contribution in [1.82, 2.24) is 10.2 Å². The smallest absolute Gasteiger partial charge is 0.165 e. The molecule has 0 unspecified atom stereocenters. The number of piperazine rings is 1. The van der Waals surface area contributed by atoms with Crippen LogP contribution in [0, 0.1) is 0 Å². The van der Waals surface area contributed by atoms with Crippen molar-refractivity contribution in [2.24, 2.45) is 0 Å². The van der Waals surface area contributed by atoms with E-state index in [0.29, 0.717) is 6.61 Å². The summed E-state index contributed by atoms with van der Waals surface area (Å²) in [5.41, 5.74) is 2.28. The third kappa shape index (κ3) is 2.73. The summed E-state index contributed by atoms with van der Waals surface area (Å²) < 4.78 is 11.1. The van der Waals surface area contributed by atoms with Crippen LogP contribution in [0.4, 0.5) is 0 Å². The number of nitrogens with one attached hydrogen (secondary N) is 1. The molecule has 1 aromatic carbocycles. The number of hydrogen-bond donors (Lipinski definition) is 1. The first-order chi connectivity index (χ1) is 9.79. The van der Waals surface area contributed by atoms with E-state index >= 15 is 0 Å². The molecule has 1 fully saturated rings. The topological polar surface area (TPSA) is 33.7 Å². The van der Waals surface area contributed by atoms with Crippen molar-refractivity contribution in [1.29, 1.82) is 0 Å². The molecule has 2 heterocycles. The van der Waals surface area contributed by atoms with E-state index in [1.54, 1.807) is 7.11 Å². The van der Waals surface area contributed by atoms with E-state index in [1.807, 2.05) is 6.07 Å². The van der Waals surface area contributed by atoms with Gasteiger partial charge in [0.05, 0.1) is 18.7 Å². The molecule has 0 amide bonds. The van der Waals surface area contributed by atoms with Gasteiger partial charge in [-0.2, -0.15) is 0 Å². The highest BCUT2D eigenvalue weighted by Gasteiger charge is 2.23. The third-order valence-electron chi connectivity index (χ3n) is 4.08. The summed E-state index contributed by atoms with van der Waals surface area (Å²) in [6, 6.07) is 2.04. The third-order valence-corrected chi connectivity index (χ3v) is 4.55. The van der Waals surface area contributed by atoms with Gasteiger partial charge in [0, 0.05) is 44.7 Å². The van der Waals surface area contributed by atoms with Crippen LogP contribution < -0.4 is 14.8 Å². The minimum absolute atomic E-state index is 0.701. The van der Waals surface area contributed by atoms with Crippen LogP contribution in [-0.2, 0) is 12.8 Å². The zero-order chi connectivity index (χ0) is 13.9. The molecule has 0 saturated carbocycles. The Morgan fingerprint density at radius 1 is 1.40 bits per heavy atom. The molecular weight excluding hydrogens is 276 g/mol. The highest BCUT2D eigenvalue weighted by atomic mass is 35.5. The van der Waals surface area contributed by atoms with Crippen LogP contribution in [0.3, 0.4) is 0 Å². The average Bonchev–Trinajstić information content (AvgIpc) is 2.98. The Kier molecular flexibility index (Phi) is 4.34. The molecule has 1 N–H and O–H groups in total. The molecule has 0 bridgehead atoms.